The highest BCUT2D eigenvalue weighted by atomic mass is 16.2. The van der Waals surface area contributed by atoms with Gasteiger partial charge in [-0.25, -0.2) is 4.98 Å². The first-order chi connectivity index (χ1) is 12.0. The number of carbonyl (C=O) groups excluding carboxylic acids is 2. The van der Waals surface area contributed by atoms with Gasteiger partial charge in [-0.2, -0.15) is 0 Å². The molecular formula is C17H28N6O2. The van der Waals surface area contributed by atoms with Gasteiger partial charge >= 0.3 is 0 Å². The first-order valence-electron chi connectivity index (χ1n) is 9.04. The van der Waals surface area contributed by atoms with Crippen molar-refractivity contribution in [2.75, 3.05) is 39.3 Å². The highest BCUT2D eigenvalue weighted by Gasteiger charge is 2.31. The van der Waals surface area contributed by atoms with E-state index in [1.165, 1.54) is 0 Å². The van der Waals surface area contributed by atoms with E-state index in [4.69, 9.17) is 5.73 Å². The number of rotatable bonds is 5. The van der Waals surface area contributed by atoms with E-state index in [2.05, 4.69) is 14.8 Å². The van der Waals surface area contributed by atoms with Crippen LogP contribution in [0.15, 0.2) is 12.4 Å². The van der Waals surface area contributed by atoms with E-state index >= 15 is 0 Å². The summed E-state index contributed by atoms with van der Waals surface area (Å²) in [6, 6.07) is -0.425. The molecule has 8 heteroatoms. The van der Waals surface area contributed by atoms with E-state index in [0.717, 1.165) is 51.4 Å². The van der Waals surface area contributed by atoms with Gasteiger partial charge in [-0.05, 0) is 19.3 Å². The van der Waals surface area contributed by atoms with Crippen molar-refractivity contribution in [3.8, 4) is 0 Å². The van der Waals surface area contributed by atoms with Crippen LogP contribution in [0.5, 0.6) is 0 Å². The minimum atomic E-state index is -0.425. The molecule has 1 aromatic rings. The second-order valence-electron chi connectivity index (χ2n) is 7.01. The molecule has 2 fully saturated rings. The molecule has 0 aromatic carbocycles. The third kappa shape index (κ3) is 4.38. The number of carbonyl (C=O) groups is 2. The number of aromatic nitrogens is 2. The zero-order chi connectivity index (χ0) is 17.8. The fourth-order valence-corrected chi connectivity index (χ4v) is 3.66. The standard InChI is InChI=1S/C17H28N6O2/c1-20-7-5-19-15(20)12-21-8-10-22(11-9-21)13-16(24)23-6-3-2-4-14(23)17(18)25/h5,7,14H,2-4,6,8-13H2,1H3,(H2,18,25). The number of likely N-dealkylation sites (tertiary alicyclic amines) is 1. The van der Waals surface area contributed by atoms with Gasteiger partial charge < -0.3 is 15.2 Å². The van der Waals surface area contributed by atoms with Gasteiger partial charge in [0, 0.05) is 52.2 Å². The Morgan fingerprint density at radius 3 is 2.52 bits per heavy atom. The highest BCUT2D eigenvalue weighted by Crippen LogP contribution is 2.17. The van der Waals surface area contributed by atoms with Crippen LogP contribution in [-0.4, -0.2) is 81.4 Å². The molecule has 2 aliphatic rings. The molecule has 0 radical (unpaired) electrons. The lowest BCUT2D eigenvalue weighted by atomic mass is 10.0. The first-order valence-corrected chi connectivity index (χ1v) is 9.04. The average Bonchev–Trinajstić information content (AvgIpc) is 3.01. The monoisotopic (exact) mass is 348 g/mol. The van der Waals surface area contributed by atoms with Crippen molar-refractivity contribution in [3.05, 3.63) is 18.2 Å². The third-order valence-corrected chi connectivity index (χ3v) is 5.26. The number of amides is 2. The summed E-state index contributed by atoms with van der Waals surface area (Å²) in [6.45, 7) is 5.39. The molecule has 25 heavy (non-hydrogen) atoms. The molecule has 1 aromatic heterocycles. The van der Waals surface area contributed by atoms with Gasteiger partial charge in [0.15, 0.2) is 0 Å². The number of nitrogens with zero attached hydrogens (tertiary/aromatic N) is 5. The van der Waals surface area contributed by atoms with Crippen LogP contribution in [0.4, 0.5) is 0 Å². The molecule has 1 atom stereocenters. The molecule has 2 N–H and O–H groups in total. The van der Waals surface area contributed by atoms with Crippen LogP contribution < -0.4 is 5.73 Å². The Bertz CT molecular complexity index is 608. The van der Waals surface area contributed by atoms with Gasteiger partial charge in [0.2, 0.25) is 11.8 Å². The van der Waals surface area contributed by atoms with Crippen molar-refractivity contribution < 1.29 is 9.59 Å². The van der Waals surface area contributed by atoms with Crippen molar-refractivity contribution in [3.63, 3.8) is 0 Å². The number of hydrogen-bond acceptors (Lipinski definition) is 5. The maximum atomic E-state index is 12.6. The molecule has 3 rings (SSSR count). The molecule has 2 amide bonds. The van der Waals surface area contributed by atoms with E-state index in [9.17, 15) is 9.59 Å². The van der Waals surface area contributed by atoms with Crippen molar-refractivity contribution >= 4 is 11.8 Å². The maximum Gasteiger partial charge on any atom is 0.240 e. The van der Waals surface area contributed by atoms with Crippen LogP contribution in [0.3, 0.4) is 0 Å². The smallest absolute Gasteiger partial charge is 0.240 e. The first kappa shape index (κ1) is 17.9. The zero-order valence-corrected chi connectivity index (χ0v) is 14.9. The molecule has 0 aliphatic carbocycles. The van der Waals surface area contributed by atoms with Crippen LogP contribution in [-0.2, 0) is 23.2 Å². The average molecular weight is 348 g/mol. The molecule has 0 saturated carbocycles. The molecule has 0 spiro atoms. The zero-order valence-electron chi connectivity index (χ0n) is 14.9. The van der Waals surface area contributed by atoms with Crippen molar-refractivity contribution in [1.82, 2.24) is 24.3 Å². The van der Waals surface area contributed by atoms with E-state index in [0.29, 0.717) is 19.5 Å². The Balaban J connectivity index is 1.47. The summed E-state index contributed by atoms with van der Waals surface area (Å²) in [7, 11) is 2.00. The minimum Gasteiger partial charge on any atom is -0.368 e. The van der Waals surface area contributed by atoms with Gasteiger partial charge in [-0.15, -0.1) is 0 Å². The Morgan fingerprint density at radius 2 is 1.88 bits per heavy atom. The topological polar surface area (TPSA) is 87.7 Å². The summed E-state index contributed by atoms with van der Waals surface area (Å²) < 4.78 is 2.04. The summed E-state index contributed by atoms with van der Waals surface area (Å²) in [5.74, 6) is 0.705. The molecule has 0 bridgehead atoms. The summed E-state index contributed by atoms with van der Waals surface area (Å²) in [5, 5.41) is 0. The number of aryl methyl sites for hydroxylation is 1. The van der Waals surface area contributed by atoms with E-state index < -0.39 is 6.04 Å². The fourth-order valence-electron chi connectivity index (χ4n) is 3.66. The number of hydrogen-bond donors (Lipinski definition) is 1. The van der Waals surface area contributed by atoms with Crippen molar-refractivity contribution in [1.29, 1.82) is 0 Å². The largest absolute Gasteiger partial charge is 0.368 e. The highest BCUT2D eigenvalue weighted by molar-refractivity contribution is 5.87. The summed E-state index contributed by atoms with van der Waals surface area (Å²) in [5.41, 5.74) is 5.46. The lowest BCUT2D eigenvalue weighted by Crippen LogP contribution is -2.55. The lowest BCUT2D eigenvalue weighted by Gasteiger charge is -2.38. The third-order valence-electron chi connectivity index (χ3n) is 5.26. The molecule has 138 valence electrons. The number of primary amides is 1. The van der Waals surface area contributed by atoms with Crippen molar-refractivity contribution in [2.45, 2.75) is 31.8 Å². The predicted molar refractivity (Wildman–Crippen MR) is 93.5 cm³/mol. The Labute approximate surface area is 148 Å². The van der Waals surface area contributed by atoms with Gasteiger partial charge in [0.1, 0.15) is 11.9 Å². The minimum absolute atomic E-state index is 0.0288. The number of piperidine rings is 1. The van der Waals surface area contributed by atoms with E-state index in [1.807, 2.05) is 24.0 Å². The molecule has 8 nitrogen and oxygen atoms in total. The SMILES string of the molecule is Cn1ccnc1CN1CCN(CC(=O)N2CCCCC2C(N)=O)CC1. The van der Waals surface area contributed by atoms with Gasteiger partial charge in [-0.3, -0.25) is 19.4 Å². The van der Waals surface area contributed by atoms with Crippen LogP contribution in [0, 0.1) is 0 Å². The Kier molecular flexibility index (Phi) is 5.70. The summed E-state index contributed by atoms with van der Waals surface area (Å²) >= 11 is 0. The second-order valence-corrected chi connectivity index (χ2v) is 7.01. The van der Waals surface area contributed by atoms with E-state index in [1.54, 1.807) is 4.90 Å². The molecule has 2 saturated heterocycles. The van der Waals surface area contributed by atoms with Crippen LogP contribution in [0.2, 0.25) is 0 Å². The van der Waals surface area contributed by atoms with E-state index in [-0.39, 0.29) is 11.8 Å². The lowest BCUT2D eigenvalue weighted by molar-refractivity contribution is -0.142. The predicted octanol–water partition coefficient (Wildman–Crippen LogP) is -0.596. The van der Waals surface area contributed by atoms with Crippen molar-refractivity contribution in [2.24, 2.45) is 12.8 Å². The summed E-state index contributed by atoms with van der Waals surface area (Å²) in [6.07, 6.45) is 6.38. The molecule has 1 unspecified atom stereocenters. The van der Waals surface area contributed by atoms with Crippen LogP contribution >= 0.6 is 0 Å². The van der Waals surface area contributed by atoms with Gasteiger partial charge in [0.05, 0.1) is 13.1 Å². The molecule has 2 aliphatic heterocycles. The Hall–Kier alpha value is -1.93. The fraction of sp³-hybridized carbons (Fsp3) is 0.706. The van der Waals surface area contributed by atoms with Crippen LogP contribution in [0.25, 0.3) is 0 Å². The maximum absolute atomic E-state index is 12.6. The number of piperazine rings is 1. The number of imidazole rings is 1. The number of nitrogens with two attached hydrogens (primary N) is 1. The van der Waals surface area contributed by atoms with Gasteiger partial charge in [-0.1, -0.05) is 0 Å². The molecule has 3 heterocycles. The normalized spacial score (nSPS) is 22.9. The summed E-state index contributed by atoms with van der Waals surface area (Å²) in [4.78, 5) is 34.8. The quantitative estimate of drug-likeness (QED) is 0.768. The van der Waals surface area contributed by atoms with Gasteiger partial charge in [0.25, 0.3) is 0 Å². The second kappa shape index (κ2) is 7.97. The van der Waals surface area contributed by atoms with Crippen LogP contribution in [0.1, 0.15) is 25.1 Å². The Morgan fingerprint density at radius 1 is 1.16 bits per heavy atom. The molecular weight excluding hydrogens is 320 g/mol.